The lowest BCUT2D eigenvalue weighted by Gasteiger charge is -2.02. The van der Waals surface area contributed by atoms with Crippen LogP contribution in [0.3, 0.4) is 0 Å². The van der Waals surface area contributed by atoms with Gasteiger partial charge in [-0.1, -0.05) is 0 Å². The number of hydrogen-bond acceptors (Lipinski definition) is 4. The molecule has 0 fully saturated rings. The number of nitrogens with two attached hydrogens (primary N) is 1. The molecule has 14 heavy (non-hydrogen) atoms. The summed E-state index contributed by atoms with van der Waals surface area (Å²) in [5, 5.41) is 19.4. The predicted molar refractivity (Wildman–Crippen MR) is 52.5 cm³/mol. The second-order valence-electron chi connectivity index (χ2n) is 2.90. The molecule has 0 aliphatic heterocycles. The van der Waals surface area contributed by atoms with Crippen molar-refractivity contribution in [1.29, 1.82) is 5.26 Å². The second-order valence-corrected chi connectivity index (χ2v) is 2.90. The first-order chi connectivity index (χ1) is 6.72. The number of aromatic hydroxyl groups is 1. The zero-order valence-corrected chi connectivity index (χ0v) is 7.23. The maximum atomic E-state index is 9.27. The van der Waals surface area contributed by atoms with Gasteiger partial charge in [-0.25, -0.2) is 4.98 Å². The largest absolute Gasteiger partial charge is 0.508 e. The Labute approximate surface area is 80.2 Å². The SMILES string of the molecule is N#Cc1cnc(N)c2ccc(O)cc12. The molecule has 0 atom stereocenters. The Morgan fingerprint density at radius 1 is 1.36 bits per heavy atom. The van der Waals surface area contributed by atoms with E-state index >= 15 is 0 Å². The molecule has 0 saturated heterocycles. The molecule has 0 unspecified atom stereocenters. The van der Waals surface area contributed by atoms with E-state index in [1.54, 1.807) is 6.07 Å². The van der Waals surface area contributed by atoms with Gasteiger partial charge in [-0.15, -0.1) is 0 Å². The van der Waals surface area contributed by atoms with E-state index < -0.39 is 0 Å². The standard InChI is InChI=1S/C10H7N3O/c11-4-6-5-13-10(12)8-2-1-7(14)3-9(6)8/h1-3,5,14H,(H2,12,13). The Morgan fingerprint density at radius 3 is 2.86 bits per heavy atom. The number of benzene rings is 1. The fraction of sp³-hybridized carbons (Fsp3) is 0. The van der Waals surface area contributed by atoms with Crippen LogP contribution in [0.4, 0.5) is 5.82 Å². The van der Waals surface area contributed by atoms with Gasteiger partial charge in [0.25, 0.3) is 0 Å². The molecule has 0 saturated carbocycles. The van der Waals surface area contributed by atoms with Crippen LogP contribution in [0.5, 0.6) is 5.75 Å². The van der Waals surface area contributed by atoms with Gasteiger partial charge in [-0.3, -0.25) is 0 Å². The van der Waals surface area contributed by atoms with Gasteiger partial charge in [-0.2, -0.15) is 5.26 Å². The first-order valence-corrected chi connectivity index (χ1v) is 3.99. The van der Waals surface area contributed by atoms with E-state index in [-0.39, 0.29) is 5.75 Å². The van der Waals surface area contributed by atoms with E-state index in [0.29, 0.717) is 22.2 Å². The summed E-state index contributed by atoms with van der Waals surface area (Å²) in [6, 6.07) is 6.66. The van der Waals surface area contributed by atoms with Gasteiger partial charge in [-0.05, 0) is 18.2 Å². The number of fused-ring (bicyclic) bond motifs is 1. The average Bonchev–Trinajstić information content (AvgIpc) is 2.18. The van der Waals surface area contributed by atoms with Gasteiger partial charge in [0.1, 0.15) is 17.6 Å². The lowest BCUT2D eigenvalue weighted by atomic mass is 10.1. The number of phenolic OH excluding ortho intramolecular Hbond substituents is 1. The van der Waals surface area contributed by atoms with Crippen LogP contribution in [-0.2, 0) is 0 Å². The molecule has 2 rings (SSSR count). The number of rotatable bonds is 0. The van der Waals surface area contributed by atoms with Crippen LogP contribution in [0.2, 0.25) is 0 Å². The molecule has 0 bridgehead atoms. The minimum absolute atomic E-state index is 0.111. The van der Waals surface area contributed by atoms with Crippen molar-refractivity contribution in [2.24, 2.45) is 0 Å². The molecule has 3 N–H and O–H groups in total. The Morgan fingerprint density at radius 2 is 2.14 bits per heavy atom. The van der Waals surface area contributed by atoms with Crippen LogP contribution < -0.4 is 5.73 Å². The molecular weight excluding hydrogens is 178 g/mol. The highest BCUT2D eigenvalue weighted by Gasteiger charge is 2.05. The quantitative estimate of drug-likeness (QED) is 0.649. The third-order valence-electron chi connectivity index (χ3n) is 2.02. The van der Waals surface area contributed by atoms with Gasteiger partial charge in [0.2, 0.25) is 0 Å². The average molecular weight is 185 g/mol. The fourth-order valence-electron chi connectivity index (χ4n) is 1.34. The van der Waals surface area contributed by atoms with Crippen LogP contribution in [-0.4, -0.2) is 10.1 Å². The van der Waals surface area contributed by atoms with E-state index in [9.17, 15) is 5.11 Å². The summed E-state index contributed by atoms with van der Waals surface area (Å²) in [6.07, 6.45) is 1.40. The van der Waals surface area contributed by atoms with Crippen LogP contribution >= 0.6 is 0 Å². The zero-order chi connectivity index (χ0) is 10.1. The molecule has 68 valence electrons. The topological polar surface area (TPSA) is 82.9 Å². The van der Waals surface area contributed by atoms with Crippen molar-refractivity contribution in [2.75, 3.05) is 5.73 Å². The maximum absolute atomic E-state index is 9.27. The summed E-state index contributed by atoms with van der Waals surface area (Å²) >= 11 is 0. The summed E-state index contributed by atoms with van der Waals surface area (Å²) in [7, 11) is 0. The second kappa shape index (κ2) is 2.89. The smallest absolute Gasteiger partial charge is 0.131 e. The van der Waals surface area contributed by atoms with Gasteiger partial charge in [0.05, 0.1) is 5.56 Å². The summed E-state index contributed by atoms with van der Waals surface area (Å²) in [6.45, 7) is 0. The Kier molecular flexibility index (Phi) is 1.72. The molecule has 2 aromatic rings. The van der Waals surface area contributed by atoms with Gasteiger partial charge in [0.15, 0.2) is 0 Å². The van der Waals surface area contributed by atoms with Crippen molar-refractivity contribution >= 4 is 16.6 Å². The lowest BCUT2D eigenvalue weighted by Crippen LogP contribution is -1.93. The third kappa shape index (κ3) is 1.12. The molecule has 0 radical (unpaired) electrons. The Balaban J connectivity index is 2.94. The number of phenols is 1. The van der Waals surface area contributed by atoms with Crippen LogP contribution in [0.15, 0.2) is 24.4 Å². The summed E-state index contributed by atoms with van der Waals surface area (Å²) in [5.74, 6) is 0.471. The number of aromatic nitrogens is 1. The lowest BCUT2D eigenvalue weighted by molar-refractivity contribution is 0.476. The number of nitrogen functional groups attached to an aromatic ring is 1. The molecule has 1 aromatic carbocycles. The predicted octanol–water partition coefficient (Wildman–Crippen LogP) is 1.39. The van der Waals surface area contributed by atoms with Crippen molar-refractivity contribution in [3.8, 4) is 11.8 Å². The Hall–Kier alpha value is -2.28. The number of nitrogens with zero attached hydrogens (tertiary/aromatic N) is 2. The minimum atomic E-state index is 0.111. The summed E-state index contributed by atoms with van der Waals surface area (Å²) in [5.41, 5.74) is 6.04. The zero-order valence-electron chi connectivity index (χ0n) is 7.23. The van der Waals surface area contributed by atoms with Crippen LogP contribution in [0, 0.1) is 11.3 Å². The normalized spacial score (nSPS) is 9.93. The highest BCUT2D eigenvalue weighted by atomic mass is 16.3. The van der Waals surface area contributed by atoms with E-state index in [0.717, 1.165) is 0 Å². The number of pyridine rings is 1. The fourth-order valence-corrected chi connectivity index (χ4v) is 1.34. The van der Waals surface area contributed by atoms with Crippen LogP contribution in [0.25, 0.3) is 10.8 Å². The molecule has 0 aliphatic carbocycles. The van der Waals surface area contributed by atoms with E-state index in [4.69, 9.17) is 11.0 Å². The van der Waals surface area contributed by atoms with Crippen molar-refractivity contribution in [2.45, 2.75) is 0 Å². The molecule has 1 aromatic heterocycles. The molecule has 0 aliphatic rings. The molecule has 1 heterocycles. The maximum Gasteiger partial charge on any atom is 0.131 e. The highest BCUT2D eigenvalue weighted by molar-refractivity contribution is 5.95. The van der Waals surface area contributed by atoms with Crippen LogP contribution in [0.1, 0.15) is 5.56 Å². The number of hydrogen-bond donors (Lipinski definition) is 2. The molecule has 4 heteroatoms. The summed E-state index contributed by atoms with van der Waals surface area (Å²) in [4.78, 5) is 3.88. The molecule has 0 spiro atoms. The Bertz CT molecular complexity index is 543. The van der Waals surface area contributed by atoms with Gasteiger partial charge >= 0.3 is 0 Å². The number of nitriles is 1. The monoisotopic (exact) mass is 185 g/mol. The molecule has 4 nitrogen and oxygen atoms in total. The molecular formula is C10H7N3O. The minimum Gasteiger partial charge on any atom is -0.508 e. The number of anilines is 1. The van der Waals surface area contributed by atoms with Gasteiger partial charge < -0.3 is 10.8 Å². The molecule has 0 amide bonds. The van der Waals surface area contributed by atoms with E-state index in [1.807, 2.05) is 6.07 Å². The van der Waals surface area contributed by atoms with Crippen molar-refractivity contribution in [3.05, 3.63) is 30.0 Å². The van der Waals surface area contributed by atoms with Crippen molar-refractivity contribution < 1.29 is 5.11 Å². The summed E-state index contributed by atoms with van der Waals surface area (Å²) < 4.78 is 0. The van der Waals surface area contributed by atoms with Crippen molar-refractivity contribution in [1.82, 2.24) is 4.98 Å². The van der Waals surface area contributed by atoms with E-state index in [2.05, 4.69) is 4.98 Å². The first-order valence-electron chi connectivity index (χ1n) is 3.99. The van der Waals surface area contributed by atoms with Crippen molar-refractivity contribution in [3.63, 3.8) is 0 Å². The first kappa shape index (κ1) is 8.32. The van der Waals surface area contributed by atoms with Gasteiger partial charge in [0, 0.05) is 17.0 Å². The van der Waals surface area contributed by atoms with E-state index in [1.165, 1.54) is 18.3 Å². The highest BCUT2D eigenvalue weighted by Crippen LogP contribution is 2.25. The third-order valence-corrected chi connectivity index (χ3v) is 2.02.